The van der Waals surface area contributed by atoms with E-state index in [9.17, 15) is 4.79 Å². The van der Waals surface area contributed by atoms with E-state index in [1.165, 1.54) is 42.3 Å². The van der Waals surface area contributed by atoms with Gasteiger partial charge in [0.1, 0.15) is 5.82 Å². The topological polar surface area (TPSA) is 62.7 Å². The van der Waals surface area contributed by atoms with Crippen LogP contribution in [0, 0.1) is 5.92 Å². The molecule has 0 spiro atoms. The Morgan fingerprint density at radius 3 is 2.96 bits per heavy atom. The smallest absolute Gasteiger partial charge is 0.256 e. The summed E-state index contributed by atoms with van der Waals surface area (Å²) in [5, 5.41) is 8.68. The van der Waals surface area contributed by atoms with Crippen LogP contribution in [0.25, 0.3) is 10.9 Å². The largest absolute Gasteiger partial charge is 0.358 e. The highest BCUT2D eigenvalue weighted by Crippen LogP contribution is 2.40. The summed E-state index contributed by atoms with van der Waals surface area (Å²) in [6, 6.07) is 8.20. The Labute approximate surface area is 152 Å². The number of hydrogen-bond acceptors (Lipinski definition) is 2. The lowest BCUT2D eigenvalue weighted by Crippen LogP contribution is -2.18. The third-order valence-corrected chi connectivity index (χ3v) is 5.96. The van der Waals surface area contributed by atoms with Crippen LogP contribution < -0.4 is 5.32 Å². The van der Waals surface area contributed by atoms with Gasteiger partial charge in [-0.05, 0) is 75.1 Å². The van der Waals surface area contributed by atoms with E-state index >= 15 is 0 Å². The minimum Gasteiger partial charge on any atom is -0.358 e. The summed E-state index contributed by atoms with van der Waals surface area (Å²) in [6.07, 6.45) is 8.97. The van der Waals surface area contributed by atoms with Crippen LogP contribution in [0.2, 0.25) is 0 Å². The van der Waals surface area contributed by atoms with Gasteiger partial charge in [-0.3, -0.25) is 4.79 Å². The van der Waals surface area contributed by atoms with Gasteiger partial charge in [0.15, 0.2) is 0 Å². The van der Waals surface area contributed by atoms with E-state index < -0.39 is 0 Å². The van der Waals surface area contributed by atoms with Crippen molar-refractivity contribution in [3.8, 4) is 0 Å². The molecule has 1 fully saturated rings. The van der Waals surface area contributed by atoms with Gasteiger partial charge in [0.05, 0.1) is 12.2 Å². The number of hydrogen-bond donors (Lipinski definition) is 2. The Balaban J connectivity index is 1.43. The van der Waals surface area contributed by atoms with Crippen molar-refractivity contribution in [2.24, 2.45) is 5.92 Å². The lowest BCUT2D eigenvalue weighted by molar-refractivity contribution is 0.102. The lowest BCUT2D eigenvalue weighted by Gasteiger charge is -2.15. The number of nitrogens with zero attached hydrogens (tertiary/aromatic N) is 2. The molecule has 3 aromatic rings. The van der Waals surface area contributed by atoms with Crippen LogP contribution in [-0.2, 0) is 12.8 Å². The number of nitrogens with one attached hydrogen (secondary N) is 2. The highest BCUT2D eigenvalue weighted by Gasteiger charge is 2.30. The van der Waals surface area contributed by atoms with Crippen molar-refractivity contribution in [3.05, 3.63) is 47.3 Å². The summed E-state index contributed by atoms with van der Waals surface area (Å²) in [5.74, 6) is 1.40. The highest BCUT2D eigenvalue weighted by atomic mass is 16.1. The molecule has 2 aromatic heterocycles. The molecule has 5 rings (SSSR count). The van der Waals surface area contributed by atoms with Crippen LogP contribution in [0.3, 0.4) is 0 Å². The molecule has 5 heteroatoms. The Kier molecular flexibility index (Phi) is 3.62. The molecule has 0 saturated heterocycles. The summed E-state index contributed by atoms with van der Waals surface area (Å²) in [7, 11) is 0. The van der Waals surface area contributed by atoms with E-state index in [1.807, 2.05) is 28.9 Å². The Hall–Kier alpha value is -2.56. The second kappa shape index (κ2) is 6.01. The van der Waals surface area contributed by atoms with Crippen LogP contribution in [0.4, 0.5) is 5.82 Å². The van der Waals surface area contributed by atoms with Gasteiger partial charge in [-0.2, -0.15) is 5.10 Å². The fraction of sp³-hybridized carbons (Fsp3) is 0.429. The van der Waals surface area contributed by atoms with Gasteiger partial charge in [-0.15, -0.1) is 0 Å². The molecule has 2 aliphatic carbocycles. The van der Waals surface area contributed by atoms with Crippen molar-refractivity contribution in [1.29, 1.82) is 0 Å². The third-order valence-electron chi connectivity index (χ3n) is 5.96. The number of amides is 1. The molecule has 134 valence electrons. The molecule has 0 aliphatic heterocycles. The summed E-state index contributed by atoms with van der Waals surface area (Å²) in [4.78, 5) is 16.4. The first-order chi connectivity index (χ1) is 12.7. The molecule has 1 saturated carbocycles. The SMILES string of the molecule is CC(C1CC1)n1nccc1NC(=O)c1ccc2[nH]c3c(c2c1)CCCC3. The van der Waals surface area contributed by atoms with Gasteiger partial charge < -0.3 is 10.3 Å². The predicted octanol–water partition coefficient (Wildman–Crippen LogP) is 4.47. The Morgan fingerprint density at radius 2 is 2.12 bits per heavy atom. The number of carbonyl (C=O) groups excluding carboxylic acids is 1. The van der Waals surface area contributed by atoms with Gasteiger partial charge >= 0.3 is 0 Å². The summed E-state index contributed by atoms with van der Waals surface area (Å²) < 4.78 is 1.95. The fourth-order valence-electron chi connectivity index (χ4n) is 4.25. The molecule has 1 atom stereocenters. The fourth-order valence-corrected chi connectivity index (χ4v) is 4.25. The molecular formula is C21H24N4O. The summed E-state index contributed by atoms with van der Waals surface area (Å²) in [6.45, 7) is 2.18. The van der Waals surface area contributed by atoms with Crippen LogP contribution in [0.15, 0.2) is 30.5 Å². The molecule has 1 amide bonds. The first kappa shape index (κ1) is 15.7. The monoisotopic (exact) mass is 348 g/mol. The van der Waals surface area contributed by atoms with Gasteiger partial charge in [-0.25, -0.2) is 4.68 Å². The van der Waals surface area contributed by atoms with Crippen LogP contribution in [0.5, 0.6) is 0 Å². The van der Waals surface area contributed by atoms with E-state index in [1.54, 1.807) is 6.20 Å². The van der Waals surface area contributed by atoms with E-state index in [2.05, 4.69) is 22.3 Å². The van der Waals surface area contributed by atoms with E-state index in [0.29, 0.717) is 17.5 Å². The van der Waals surface area contributed by atoms with E-state index in [4.69, 9.17) is 0 Å². The number of H-pyrrole nitrogens is 1. The number of fused-ring (bicyclic) bond motifs is 3. The number of rotatable bonds is 4. The maximum Gasteiger partial charge on any atom is 0.256 e. The van der Waals surface area contributed by atoms with E-state index in [0.717, 1.165) is 24.2 Å². The number of anilines is 1. The predicted molar refractivity (Wildman–Crippen MR) is 103 cm³/mol. The minimum absolute atomic E-state index is 0.0672. The number of aromatic nitrogens is 3. The average Bonchev–Trinajstić information content (AvgIpc) is 3.30. The first-order valence-corrected chi connectivity index (χ1v) is 9.69. The van der Waals surface area contributed by atoms with Crippen molar-refractivity contribution in [3.63, 3.8) is 0 Å². The molecule has 1 unspecified atom stereocenters. The molecule has 5 nitrogen and oxygen atoms in total. The highest BCUT2D eigenvalue weighted by molar-refractivity contribution is 6.06. The second-order valence-corrected chi connectivity index (χ2v) is 7.74. The van der Waals surface area contributed by atoms with Crippen LogP contribution >= 0.6 is 0 Å². The minimum atomic E-state index is -0.0672. The average molecular weight is 348 g/mol. The lowest BCUT2D eigenvalue weighted by atomic mass is 9.95. The number of aryl methyl sites for hydroxylation is 2. The van der Waals surface area contributed by atoms with E-state index in [-0.39, 0.29) is 5.91 Å². The van der Waals surface area contributed by atoms with Gasteiger partial charge in [-0.1, -0.05) is 0 Å². The number of benzene rings is 1. The van der Waals surface area contributed by atoms with Crippen molar-refractivity contribution in [1.82, 2.24) is 14.8 Å². The molecule has 2 heterocycles. The molecule has 0 bridgehead atoms. The number of carbonyl (C=O) groups is 1. The van der Waals surface area contributed by atoms with Gasteiger partial charge in [0.2, 0.25) is 0 Å². The molecule has 26 heavy (non-hydrogen) atoms. The van der Waals surface area contributed by atoms with Crippen molar-refractivity contribution >= 4 is 22.6 Å². The zero-order valence-electron chi connectivity index (χ0n) is 15.1. The van der Waals surface area contributed by atoms with Crippen LogP contribution in [0.1, 0.15) is 60.3 Å². The molecule has 2 aliphatic rings. The summed E-state index contributed by atoms with van der Waals surface area (Å²) >= 11 is 0. The maximum absolute atomic E-state index is 12.8. The molecular weight excluding hydrogens is 324 g/mol. The van der Waals surface area contributed by atoms with Gasteiger partial charge in [0.25, 0.3) is 5.91 Å². The Morgan fingerprint density at radius 1 is 1.27 bits per heavy atom. The van der Waals surface area contributed by atoms with Gasteiger partial charge in [0, 0.05) is 28.2 Å². The zero-order chi connectivity index (χ0) is 17.7. The van der Waals surface area contributed by atoms with Crippen molar-refractivity contribution in [2.45, 2.75) is 51.5 Å². The maximum atomic E-state index is 12.8. The number of aromatic amines is 1. The molecule has 2 N–H and O–H groups in total. The Bertz CT molecular complexity index is 979. The molecule has 0 radical (unpaired) electrons. The normalized spacial score (nSPS) is 17.9. The van der Waals surface area contributed by atoms with Crippen LogP contribution in [-0.4, -0.2) is 20.7 Å². The quantitative estimate of drug-likeness (QED) is 0.731. The second-order valence-electron chi connectivity index (χ2n) is 7.74. The molecule has 1 aromatic carbocycles. The third kappa shape index (κ3) is 2.62. The van der Waals surface area contributed by atoms with Crippen molar-refractivity contribution < 1.29 is 4.79 Å². The first-order valence-electron chi connectivity index (χ1n) is 9.69. The van der Waals surface area contributed by atoms with Crippen molar-refractivity contribution in [2.75, 3.05) is 5.32 Å². The standard InChI is InChI=1S/C21H24N4O/c1-13(14-6-7-14)25-20(10-11-22-25)24-21(26)15-8-9-19-17(12-15)16-4-2-3-5-18(16)23-19/h8-14,23H,2-7H2,1H3,(H,24,26). The summed E-state index contributed by atoms with van der Waals surface area (Å²) in [5.41, 5.74) is 4.59. The zero-order valence-corrected chi connectivity index (χ0v) is 15.1.